The molecule has 12 rings (SSSR count). The summed E-state index contributed by atoms with van der Waals surface area (Å²) < 4.78 is 20.6. The van der Waals surface area contributed by atoms with Crippen LogP contribution in [0.4, 0.5) is 0 Å². The third-order valence-electron chi connectivity index (χ3n) is 13.8. The van der Waals surface area contributed by atoms with Crippen LogP contribution >= 0.6 is 0 Å². The highest BCUT2D eigenvalue weighted by Crippen LogP contribution is 2.45. The average Bonchev–Trinajstić information content (AvgIpc) is 3.98. The minimum Gasteiger partial charge on any atom is -0.457 e. The lowest BCUT2D eigenvalue weighted by molar-refractivity contribution is 0.480. The Labute approximate surface area is 413 Å². The molecule has 0 bridgehead atoms. The van der Waals surface area contributed by atoms with E-state index in [2.05, 4.69) is 197 Å². The summed E-state index contributed by atoms with van der Waals surface area (Å²) in [5.41, 5.74) is 9.02. The van der Waals surface area contributed by atoms with Gasteiger partial charge in [0.05, 0.1) is 33.1 Å². The minimum atomic E-state index is -0.193. The van der Waals surface area contributed by atoms with Crippen LogP contribution in [0.25, 0.3) is 83.0 Å². The van der Waals surface area contributed by atoms with Crippen LogP contribution in [0.3, 0.4) is 0 Å². The smallest absolute Gasteiger partial charge is 0.234 e. The van der Waals surface area contributed by atoms with Gasteiger partial charge in [0.25, 0.3) is 0 Å². The third-order valence-corrected chi connectivity index (χ3v) is 13.8. The van der Waals surface area contributed by atoms with Crippen molar-refractivity contribution in [2.75, 3.05) is 0 Å². The monoisotopic (exact) mass is 929 g/mol. The summed E-state index contributed by atoms with van der Waals surface area (Å²) in [6.45, 7) is 20.1. The summed E-state index contributed by atoms with van der Waals surface area (Å²) >= 11 is 0. The Balaban J connectivity index is 1.02. The molecule has 0 unspecified atom stereocenters. The number of aromatic nitrogens is 7. The van der Waals surface area contributed by atoms with Crippen molar-refractivity contribution >= 4 is 65.4 Å². The topological polar surface area (TPSA) is 84.8 Å². The van der Waals surface area contributed by atoms with Crippen LogP contribution in [-0.4, -0.2) is 33.6 Å². The number of pyridine rings is 2. The summed E-state index contributed by atoms with van der Waals surface area (Å²) in [6, 6.07) is 50.5. The first-order valence-corrected chi connectivity index (χ1v) is 24.4. The minimum absolute atomic E-state index is 0.119. The molecule has 350 valence electrons. The molecule has 12 aromatic rings. The molecule has 6 aromatic carbocycles. The van der Waals surface area contributed by atoms with E-state index in [9.17, 15) is 0 Å². The fourth-order valence-corrected chi connectivity index (χ4v) is 10.3. The van der Waals surface area contributed by atoms with Gasteiger partial charge in [-0.2, -0.15) is 0 Å². The second-order valence-corrected chi connectivity index (χ2v) is 21.7. The number of hydrogen-bond donors (Lipinski definition) is 0. The molecule has 0 radical (unpaired) electrons. The largest absolute Gasteiger partial charge is 0.457 e. The number of para-hydroxylation sites is 2. The molecule has 0 saturated carbocycles. The van der Waals surface area contributed by atoms with Crippen molar-refractivity contribution < 1.29 is 9.47 Å². The molecule has 0 saturated heterocycles. The predicted molar refractivity (Wildman–Crippen MR) is 290 cm³/mol. The Bertz CT molecular complexity index is 3800. The fourth-order valence-electron chi connectivity index (χ4n) is 10.3. The highest BCUT2D eigenvalue weighted by molar-refractivity contribution is 6.13. The summed E-state index contributed by atoms with van der Waals surface area (Å²) in [4.78, 5) is 19.7. The second-order valence-electron chi connectivity index (χ2n) is 21.7. The lowest BCUT2D eigenvalue weighted by Crippen LogP contribution is -2.13. The lowest BCUT2D eigenvalue weighted by Gasteiger charge is -2.22. The van der Waals surface area contributed by atoms with Gasteiger partial charge < -0.3 is 9.47 Å². The zero-order valence-corrected chi connectivity index (χ0v) is 41.6. The molecule has 0 N–H and O–H groups in total. The van der Waals surface area contributed by atoms with Gasteiger partial charge in [0.1, 0.15) is 34.6 Å². The van der Waals surface area contributed by atoms with Crippen molar-refractivity contribution in [1.29, 1.82) is 0 Å². The van der Waals surface area contributed by atoms with Crippen molar-refractivity contribution in [2.24, 2.45) is 0 Å². The molecule has 6 aromatic heterocycles. The summed E-state index contributed by atoms with van der Waals surface area (Å²) in [5, 5.41) is 6.83. The Morgan fingerprint density at radius 2 is 0.775 bits per heavy atom. The van der Waals surface area contributed by atoms with Crippen LogP contribution in [0, 0.1) is 0 Å². The average molecular weight is 930 g/mol. The number of benzene rings is 6. The molecule has 6 heterocycles. The van der Waals surface area contributed by atoms with Gasteiger partial charge in [-0.15, -0.1) is 0 Å². The first-order chi connectivity index (χ1) is 34.1. The number of hydrogen-bond acceptors (Lipinski definition) is 6. The molecule has 0 aliphatic carbocycles. The van der Waals surface area contributed by atoms with Crippen molar-refractivity contribution in [2.45, 2.75) is 78.6 Å². The first-order valence-electron chi connectivity index (χ1n) is 24.4. The van der Waals surface area contributed by atoms with Crippen molar-refractivity contribution in [3.8, 4) is 40.6 Å². The Hall–Kier alpha value is -8.30. The fraction of sp³-hybridized carbons (Fsp3) is 0.194. The van der Waals surface area contributed by atoms with E-state index in [-0.39, 0.29) is 16.2 Å². The highest BCUT2D eigenvalue weighted by atomic mass is 16.5. The number of ether oxygens (including phenoxy) is 2. The van der Waals surface area contributed by atoms with E-state index >= 15 is 0 Å². The molecule has 9 nitrogen and oxygen atoms in total. The molecule has 0 fully saturated rings. The van der Waals surface area contributed by atoms with E-state index < -0.39 is 0 Å². The van der Waals surface area contributed by atoms with Crippen molar-refractivity contribution in [3.05, 3.63) is 187 Å². The SMILES string of the molecule is CC(C)(C)c1cnc(-n2c3cc(Oc4cc(C(C)(C)C)c5c6ccccc6n(-c6ccccn6)c5c4)ccc3c3ccc(Oc4cc(C(C)(C)C)c5c6ccccc6n(-c6ccccn6)c5c4)cc32)nc1. The van der Waals surface area contributed by atoms with Crippen LogP contribution in [0.5, 0.6) is 23.0 Å². The van der Waals surface area contributed by atoms with E-state index in [1.54, 1.807) is 0 Å². The summed E-state index contributed by atoms with van der Waals surface area (Å²) in [5.74, 6) is 5.11. The maximum atomic E-state index is 6.99. The molecule has 0 spiro atoms. The number of rotatable bonds is 7. The van der Waals surface area contributed by atoms with E-state index in [4.69, 9.17) is 29.4 Å². The Morgan fingerprint density at radius 3 is 1.18 bits per heavy atom. The molecule has 71 heavy (non-hydrogen) atoms. The zero-order valence-electron chi connectivity index (χ0n) is 41.6. The van der Waals surface area contributed by atoms with E-state index in [1.807, 2.05) is 49.1 Å². The molecule has 0 atom stereocenters. The number of nitrogens with zero attached hydrogens (tertiary/aromatic N) is 7. The molecular formula is C62H55N7O2. The van der Waals surface area contributed by atoms with E-state index in [0.29, 0.717) is 17.4 Å². The predicted octanol–water partition coefficient (Wildman–Crippen LogP) is 16.0. The van der Waals surface area contributed by atoms with Gasteiger partial charge in [0.2, 0.25) is 5.95 Å². The first kappa shape index (κ1) is 43.9. The van der Waals surface area contributed by atoms with Crippen LogP contribution in [-0.2, 0) is 16.2 Å². The van der Waals surface area contributed by atoms with Gasteiger partial charge in [0.15, 0.2) is 0 Å². The van der Waals surface area contributed by atoms with Gasteiger partial charge >= 0.3 is 0 Å². The molecular weight excluding hydrogens is 875 g/mol. The molecule has 0 aliphatic rings. The standard InChI is InChI=1S/C62H55N7O2/c1-60(2,3)38-36-65-59(66-37-38)69-51-32-39(70-41-30-47(61(4,5)6)57-45-18-10-12-20-49(45)67(53(57)34-41)55-22-14-16-28-63-55)24-26-43(51)44-27-25-40(33-52(44)69)71-42-31-48(62(7,8)9)58-46-19-11-13-21-50(46)68(54(58)35-42)56-23-15-17-29-64-56/h10-37H,1-9H3. The normalized spacial score (nSPS) is 12.6. The Morgan fingerprint density at radius 1 is 0.352 bits per heavy atom. The quantitative estimate of drug-likeness (QED) is 0.158. The highest BCUT2D eigenvalue weighted by Gasteiger charge is 2.27. The maximum absolute atomic E-state index is 6.99. The third kappa shape index (κ3) is 7.46. The van der Waals surface area contributed by atoms with Crippen LogP contribution in [0.1, 0.15) is 79.0 Å². The van der Waals surface area contributed by atoms with Gasteiger partial charge in [-0.3, -0.25) is 13.7 Å². The molecule has 0 amide bonds. The zero-order chi connectivity index (χ0) is 49.0. The van der Waals surface area contributed by atoms with E-state index in [0.717, 1.165) is 72.6 Å². The number of fused-ring (bicyclic) bond motifs is 9. The Kier molecular flexibility index (Phi) is 9.99. The van der Waals surface area contributed by atoms with Crippen molar-refractivity contribution in [1.82, 2.24) is 33.6 Å². The molecule has 0 aliphatic heterocycles. The van der Waals surface area contributed by atoms with Crippen LogP contribution in [0.15, 0.2) is 170 Å². The second kappa shape index (κ2) is 16.1. The summed E-state index contributed by atoms with van der Waals surface area (Å²) in [7, 11) is 0. The van der Waals surface area contributed by atoms with Gasteiger partial charge in [-0.1, -0.05) is 111 Å². The van der Waals surface area contributed by atoms with Gasteiger partial charge in [-0.25, -0.2) is 19.9 Å². The van der Waals surface area contributed by atoms with Crippen molar-refractivity contribution in [3.63, 3.8) is 0 Å². The van der Waals surface area contributed by atoms with Gasteiger partial charge in [-0.05, 0) is 106 Å². The van der Waals surface area contributed by atoms with Gasteiger partial charge in [0, 0.05) is 81.4 Å². The summed E-state index contributed by atoms with van der Waals surface area (Å²) in [6.07, 6.45) is 7.57. The lowest BCUT2D eigenvalue weighted by atomic mass is 9.84. The van der Waals surface area contributed by atoms with E-state index in [1.165, 1.54) is 32.7 Å². The van der Waals surface area contributed by atoms with Crippen LogP contribution < -0.4 is 9.47 Å². The molecule has 9 heteroatoms. The maximum Gasteiger partial charge on any atom is 0.234 e. The van der Waals surface area contributed by atoms with Crippen LogP contribution in [0.2, 0.25) is 0 Å².